The number of carboxylic acid groups (broad SMARTS) is 1. The molecule has 174 valence electrons. The minimum Gasteiger partial charge on any atom is -0.475 e. The van der Waals surface area contributed by atoms with Crippen LogP contribution in [0.3, 0.4) is 0 Å². The molecule has 1 unspecified atom stereocenters. The maximum absolute atomic E-state index is 12.6. The van der Waals surface area contributed by atoms with E-state index in [1.165, 1.54) is 38.4 Å². The Morgan fingerprint density at radius 1 is 1.17 bits per heavy atom. The van der Waals surface area contributed by atoms with Crippen molar-refractivity contribution < 1.29 is 36.3 Å². The molecule has 0 aromatic heterocycles. The number of alkyl halides is 3. The lowest BCUT2D eigenvalue weighted by Gasteiger charge is -2.53. The van der Waals surface area contributed by atoms with Gasteiger partial charge in [-0.2, -0.15) is 13.2 Å². The summed E-state index contributed by atoms with van der Waals surface area (Å²) in [5, 5.41) is 7.12. The predicted octanol–water partition coefficient (Wildman–Crippen LogP) is 2.17. The van der Waals surface area contributed by atoms with Crippen LogP contribution < -0.4 is 0 Å². The summed E-state index contributed by atoms with van der Waals surface area (Å²) in [6.45, 7) is 4.27. The SMILES string of the molecule is CS(=O)(=O)CCN1CC2(CCCN(CC3CCCCC3)C2)C1=O.O=C(O)C(F)(F)F. The Hall–Kier alpha value is -1.36. The molecule has 0 bridgehead atoms. The van der Waals surface area contributed by atoms with E-state index in [4.69, 9.17) is 9.90 Å². The first kappa shape index (κ1) is 24.9. The van der Waals surface area contributed by atoms with Gasteiger partial charge in [0, 0.05) is 32.4 Å². The van der Waals surface area contributed by atoms with Gasteiger partial charge in [0.25, 0.3) is 0 Å². The molecule has 11 heteroatoms. The molecule has 1 saturated carbocycles. The molecular formula is C19H31F3N2O5S. The van der Waals surface area contributed by atoms with Crippen LogP contribution in [0.5, 0.6) is 0 Å². The van der Waals surface area contributed by atoms with Crippen LogP contribution in [-0.4, -0.2) is 86.1 Å². The Balaban J connectivity index is 0.000000396. The lowest BCUT2D eigenvalue weighted by atomic mass is 9.72. The van der Waals surface area contributed by atoms with Crippen molar-refractivity contribution in [3.63, 3.8) is 0 Å². The lowest BCUT2D eigenvalue weighted by Crippen LogP contribution is -2.67. The number of carboxylic acids is 1. The Kier molecular flexibility index (Phi) is 8.17. The number of hydrogen-bond donors (Lipinski definition) is 1. The van der Waals surface area contributed by atoms with Gasteiger partial charge in [-0.05, 0) is 38.1 Å². The molecule has 3 rings (SSSR count). The Morgan fingerprint density at radius 3 is 2.27 bits per heavy atom. The van der Waals surface area contributed by atoms with Crippen LogP contribution in [0.4, 0.5) is 13.2 Å². The summed E-state index contributed by atoms with van der Waals surface area (Å²) >= 11 is 0. The molecule has 1 amide bonds. The minimum absolute atomic E-state index is 0.0839. The smallest absolute Gasteiger partial charge is 0.475 e. The number of halogens is 3. The third-order valence-electron chi connectivity index (χ3n) is 6.11. The fourth-order valence-electron chi connectivity index (χ4n) is 4.63. The molecule has 0 radical (unpaired) electrons. The third-order valence-corrected chi connectivity index (χ3v) is 7.03. The van der Waals surface area contributed by atoms with Gasteiger partial charge in [0.15, 0.2) is 0 Å². The molecule has 7 nitrogen and oxygen atoms in total. The van der Waals surface area contributed by atoms with Crippen molar-refractivity contribution in [3.05, 3.63) is 0 Å². The first-order valence-corrected chi connectivity index (χ1v) is 12.4. The minimum atomic E-state index is -5.08. The van der Waals surface area contributed by atoms with E-state index >= 15 is 0 Å². The summed E-state index contributed by atoms with van der Waals surface area (Å²) in [6, 6.07) is 0. The van der Waals surface area contributed by atoms with Gasteiger partial charge in [-0.15, -0.1) is 0 Å². The highest BCUT2D eigenvalue weighted by Gasteiger charge is 2.53. The van der Waals surface area contributed by atoms with Crippen LogP contribution in [0.25, 0.3) is 0 Å². The number of β-lactam (4-membered cyclic amide) rings is 1. The fourth-order valence-corrected chi connectivity index (χ4v) is 5.18. The van der Waals surface area contributed by atoms with Gasteiger partial charge in [0.05, 0.1) is 11.2 Å². The average Bonchev–Trinajstić information content (AvgIpc) is 2.65. The van der Waals surface area contributed by atoms with Crippen LogP contribution in [-0.2, 0) is 19.4 Å². The van der Waals surface area contributed by atoms with Gasteiger partial charge >= 0.3 is 12.1 Å². The summed E-state index contributed by atoms with van der Waals surface area (Å²) in [6.07, 6.45) is 5.02. The van der Waals surface area contributed by atoms with Crippen LogP contribution in [0.1, 0.15) is 44.9 Å². The monoisotopic (exact) mass is 456 g/mol. The molecule has 1 atom stereocenters. The van der Waals surface area contributed by atoms with Crippen molar-refractivity contribution in [1.29, 1.82) is 0 Å². The van der Waals surface area contributed by atoms with Crippen LogP contribution >= 0.6 is 0 Å². The molecule has 3 fully saturated rings. The maximum atomic E-state index is 12.6. The Morgan fingerprint density at radius 2 is 1.77 bits per heavy atom. The summed E-state index contributed by atoms with van der Waals surface area (Å²) in [5.41, 5.74) is -0.204. The van der Waals surface area contributed by atoms with E-state index in [0.717, 1.165) is 44.9 Å². The number of piperidine rings is 1. The highest BCUT2D eigenvalue weighted by Crippen LogP contribution is 2.40. The number of carbonyl (C=O) groups excluding carboxylic acids is 1. The van der Waals surface area contributed by atoms with Crippen molar-refractivity contribution in [1.82, 2.24) is 9.80 Å². The van der Waals surface area contributed by atoms with Gasteiger partial charge in [-0.25, -0.2) is 13.2 Å². The van der Waals surface area contributed by atoms with E-state index in [2.05, 4.69) is 4.90 Å². The zero-order valence-corrected chi connectivity index (χ0v) is 18.1. The fraction of sp³-hybridized carbons (Fsp3) is 0.895. The van der Waals surface area contributed by atoms with Crippen molar-refractivity contribution in [2.24, 2.45) is 11.3 Å². The van der Waals surface area contributed by atoms with Gasteiger partial charge in [-0.3, -0.25) is 4.79 Å². The first-order valence-electron chi connectivity index (χ1n) is 10.3. The molecule has 2 heterocycles. The topological polar surface area (TPSA) is 95.0 Å². The largest absolute Gasteiger partial charge is 0.490 e. The van der Waals surface area contributed by atoms with Crippen molar-refractivity contribution >= 4 is 21.7 Å². The maximum Gasteiger partial charge on any atom is 0.490 e. The van der Waals surface area contributed by atoms with E-state index in [1.54, 1.807) is 4.90 Å². The highest BCUT2D eigenvalue weighted by molar-refractivity contribution is 7.90. The molecule has 0 aromatic carbocycles. The van der Waals surface area contributed by atoms with E-state index < -0.39 is 22.0 Å². The summed E-state index contributed by atoms with van der Waals surface area (Å²) in [7, 11) is -3.00. The predicted molar refractivity (Wildman–Crippen MR) is 105 cm³/mol. The molecular weight excluding hydrogens is 425 g/mol. The van der Waals surface area contributed by atoms with E-state index in [0.29, 0.717) is 6.54 Å². The van der Waals surface area contributed by atoms with Crippen LogP contribution in [0.2, 0.25) is 0 Å². The van der Waals surface area contributed by atoms with Crippen LogP contribution in [0, 0.1) is 11.3 Å². The molecule has 1 spiro atoms. The summed E-state index contributed by atoms with van der Waals surface area (Å²) in [5.74, 6) is -1.67. The summed E-state index contributed by atoms with van der Waals surface area (Å²) < 4.78 is 54.3. The Bertz CT molecular complexity index is 722. The van der Waals surface area contributed by atoms with Gasteiger partial charge in [0.2, 0.25) is 5.91 Å². The second-order valence-electron chi connectivity index (χ2n) is 8.78. The number of sulfone groups is 1. The number of amides is 1. The van der Waals surface area contributed by atoms with E-state index in [-0.39, 0.29) is 17.1 Å². The number of likely N-dealkylation sites (tertiary alicyclic amines) is 2. The van der Waals surface area contributed by atoms with Crippen molar-refractivity contribution in [3.8, 4) is 0 Å². The molecule has 2 aliphatic heterocycles. The van der Waals surface area contributed by atoms with Crippen molar-refractivity contribution in [2.75, 3.05) is 44.7 Å². The third kappa shape index (κ3) is 7.11. The Labute approximate surface area is 175 Å². The molecule has 2 saturated heterocycles. The number of aliphatic carboxylic acids is 1. The van der Waals surface area contributed by atoms with E-state index in [1.807, 2.05) is 0 Å². The second kappa shape index (κ2) is 9.84. The second-order valence-corrected chi connectivity index (χ2v) is 11.0. The quantitative estimate of drug-likeness (QED) is 0.637. The van der Waals surface area contributed by atoms with E-state index in [9.17, 15) is 26.4 Å². The zero-order chi connectivity index (χ0) is 22.6. The molecule has 1 N–H and O–H groups in total. The van der Waals surface area contributed by atoms with Gasteiger partial charge < -0.3 is 14.9 Å². The number of rotatable bonds is 5. The van der Waals surface area contributed by atoms with Crippen molar-refractivity contribution in [2.45, 2.75) is 51.1 Å². The first-order chi connectivity index (χ1) is 13.8. The van der Waals surface area contributed by atoms with Gasteiger partial charge in [-0.1, -0.05) is 19.3 Å². The van der Waals surface area contributed by atoms with Crippen LogP contribution in [0.15, 0.2) is 0 Å². The average molecular weight is 457 g/mol. The van der Waals surface area contributed by atoms with Gasteiger partial charge in [0.1, 0.15) is 9.84 Å². The molecule has 1 aliphatic carbocycles. The standard InChI is InChI=1S/C17H30N2O3S.C2HF3O2/c1-23(21,22)11-10-19-14-17(16(19)20)8-5-9-18(13-17)12-15-6-3-2-4-7-15;3-2(4,5)1(6)7/h15H,2-14H2,1H3;(H,6,7). The summed E-state index contributed by atoms with van der Waals surface area (Å²) in [4.78, 5) is 25.7. The zero-order valence-electron chi connectivity index (χ0n) is 17.3. The molecule has 30 heavy (non-hydrogen) atoms. The number of carbonyl (C=O) groups is 2. The lowest BCUT2D eigenvalue weighted by molar-refractivity contribution is -0.192. The highest BCUT2D eigenvalue weighted by atomic mass is 32.2. The number of hydrogen-bond acceptors (Lipinski definition) is 5. The molecule has 0 aromatic rings. The molecule has 3 aliphatic rings. The normalized spacial score (nSPS) is 26.1. The number of nitrogens with zero attached hydrogens (tertiary/aromatic N) is 2.